The van der Waals surface area contributed by atoms with Crippen molar-refractivity contribution < 1.29 is 0 Å². The summed E-state index contributed by atoms with van der Waals surface area (Å²) < 4.78 is 2.36. The number of thiophene rings is 1. The number of nitrogens with zero attached hydrogens (tertiary/aromatic N) is 5. The van der Waals surface area contributed by atoms with E-state index in [4.69, 9.17) is 4.98 Å². The van der Waals surface area contributed by atoms with Crippen molar-refractivity contribution >= 4 is 11.3 Å². The Hall–Kier alpha value is -1.21. The Kier molecular flexibility index (Phi) is 4.72. The van der Waals surface area contributed by atoms with E-state index in [1.54, 1.807) is 0 Å². The molecule has 2 aliphatic heterocycles. The molecule has 4 heterocycles. The molecule has 24 heavy (non-hydrogen) atoms. The quantitative estimate of drug-likeness (QED) is 0.847. The molecule has 1 saturated heterocycles. The molecule has 0 aliphatic carbocycles. The molecule has 0 atom stereocenters. The molecular weight excluding hydrogens is 318 g/mol. The zero-order valence-electron chi connectivity index (χ0n) is 14.7. The Morgan fingerprint density at radius 3 is 2.54 bits per heavy atom. The molecule has 0 bridgehead atoms. The second-order valence-corrected chi connectivity index (χ2v) is 8.52. The van der Waals surface area contributed by atoms with Crippen LogP contribution in [-0.4, -0.2) is 64.0 Å². The normalized spacial score (nSPS) is 20.4. The van der Waals surface area contributed by atoms with Crippen molar-refractivity contribution in [2.24, 2.45) is 0 Å². The lowest BCUT2D eigenvalue weighted by Gasteiger charge is -2.31. The van der Waals surface area contributed by atoms with Gasteiger partial charge in [-0.25, -0.2) is 4.98 Å². The summed E-state index contributed by atoms with van der Waals surface area (Å²) >= 11 is 1.91. The van der Waals surface area contributed by atoms with Crippen LogP contribution in [-0.2, 0) is 26.2 Å². The van der Waals surface area contributed by atoms with Gasteiger partial charge in [0.1, 0.15) is 5.82 Å². The predicted molar refractivity (Wildman–Crippen MR) is 98.2 cm³/mol. The SMILES string of the molecule is Cc1ccc(CN2CCn3cc(CN4CCN(C)CC4)nc3C2)s1. The molecule has 1 fully saturated rings. The molecule has 2 aromatic rings. The first-order valence-electron chi connectivity index (χ1n) is 8.89. The maximum Gasteiger partial charge on any atom is 0.123 e. The number of rotatable bonds is 4. The van der Waals surface area contributed by atoms with Gasteiger partial charge in [-0.1, -0.05) is 0 Å². The number of hydrogen-bond acceptors (Lipinski definition) is 5. The standard InChI is InChI=1S/C18H27N5S/c1-15-3-4-17(24-15)13-22-9-10-23-12-16(19-18(23)14-22)11-21-7-5-20(2)6-8-21/h3-4,12H,5-11,13-14H2,1-2H3. The number of piperazine rings is 1. The van der Waals surface area contributed by atoms with E-state index in [9.17, 15) is 0 Å². The van der Waals surface area contributed by atoms with Gasteiger partial charge in [0, 0.05) is 68.3 Å². The van der Waals surface area contributed by atoms with Crippen LogP contribution in [0.3, 0.4) is 0 Å². The molecule has 0 N–H and O–H groups in total. The monoisotopic (exact) mass is 345 g/mol. The molecule has 130 valence electrons. The highest BCUT2D eigenvalue weighted by atomic mass is 32.1. The van der Waals surface area contributed by atoms with Crippen LogP contribution in [0, 0.1) is 6.92 Å². The third kappa shape index (κ3) is 3.72. The Bertz CT molecular complexity index is 683. The highest BCUT2D eigenvalue weighted by molar-refractivity contribution is 7.11. The molecule has 0 unspecified atom stereocenters. The van der Waals surface area contributed by atoms with E-state index < -0.39 is 0 Å². The molecule has 0 radical (unpaired) electrons. The van der Waals surface area contributed by atoms with E-state index >= 15 is 0 Å². The minimum absolute atomic E-state index is 0.972. The summed E-state index contributed by atoms with van der Waals surface area (Å²) in [7, 11) is 2.20. The van der Waals surface area contributed by atoms with E-state index in [0.717, 1.165) is 45.8 Å². The Morgan fingerprint density at radius 1 is 1.00 bits per heavy atom. The highest BCUT2D eigenvalue weighted by Gasteiger charge is 2.21. The van der Waals surface area contributed by atoms with Crippen LogP contribution < -0.4 is 0 Å². The molecule has 2 aliphatic rings. The van der Waals surface area contributed by atoms with Gasteiger partial charge in [0.25, 0.3) is 0 Å². The van der Waals surface area contributed by atoms with E-state index in [1.165, 1.54) is 34.4 Å². The van der Waals surface area contributed by atoms with Crippen LogP contribution in [0.4, 0.5) is 0 Å². The Morgan fingerprint density at radius 2 is 1.79 bits per heavy atom. The number of hydrogen-bond donors (Lipinski definition) is 0. The number of likely N-dealkylation sites (N-methyl/N-ethyl adjacent to an activating group) is 1. The molecule has 5 nitrogen and oxygen atoms in total. The van der Waals surface area contributed by atoms with Crippen LogP contribution in [0.15, 0.2) is 18.3 Å². The summed E-state index contributed by atoms with van der Waals surface area (Å²) in [5.41, 5.74) is 1.24. The van der Waals surface area contributed by atoms with Gasteiger partial charge < -0.3 is 9.47 Å². The predicted octanol–water partition coefficient (Wildman–Crippen LogP) is 2.02. The Labute approximate surface area is 148 Å². The summed E-state index contributed by atoms with van der Waals surface area (Å²) in [5, 5.41) is 0. The smallest absolute Gasteiger partial charge is 0.123 e. The van der Waals surface area contributed by atoms with Crippen LogP contribution in [0.1, 0.15) is 21.3 Å². The van der Waals surface area contributed by atoms with Crippen molar-refractivity contribution in [1.82, 2.24) is 24.3 Å². The maximum atomic E-state index is 4.93. The third-order valence-electron chi connectivity index (χ3n) is 5.09. The summed E-state index contributed by atoms with van der Waals surface area (Å²) in [6.07, 6.45) is 2.28. The van der Waals surface area contributed by atoms with Gasteiger partial charge in [0.05, 0.1) is 12.2 Å². The van der Waals surface area contributed by atoms with Crippen LogP contribution >= 0.6 is 11.3 Å². The van der Waals surface area contributed by atoms with Crippen LogP contribution in [0.25, 0.3) is 0 Å². The van der Waals surface area contributed by atoms with E-state index in [0.29, 0.717) is 0 Å². The lowest BCUT2D eigenvalue weighted by atomic mass is 10.3. The average molecular weight is 346 g/mol. The first-order chi connectivity index (χ1) is 11.7. The topological polar surface area (TPSA) is 27.5 Å². The minimum atomic E-state index is 0.972. The van der Waals surface area contributed by atoms with Gasteiger partial charge in [-0.2, -0.15) is 0 Å². The molecule has 0 spiro atoms. The number of fused-ring (bicyclic) bond motifs is 1. The van der Waals surface area contributed by atoms with Crippen molar-refractivity contribution in [3.05, 3.63) is 39.6 Å². The van der Waals surface area contributed by atoms with Gasteiger partial charge in [-0.15, -0.1) is 11.3 Å². The molecular formula is C18H27N5S. The van der Waals surface area contributed by atoms with Crippen molar-refractivity contribution in [3.63, 3.8) is 0 Å². The zero-order chi connectivity index (χ0) is 16.5. The highest BCUT2D eigenvalue weighted by Crippen LogP contribution is 2.21. The first kappa shape index (κ1) is 16.3. The van der Waals surface area contributed by atoms with Gasteiger partial charge in [0.15, 0.2) is 0 Å². The number of imidazole rings is 1. The fourth-order valence-corrected chi connectivity index (χ4v) is 4.53. The molecule has 0 saturated carbocycles. The lowest BCUT2D eigenvalue weighted by Crippen LogP contribution is -2.43. The third-order valence-corrected chi connectivity index (χ3v) is 6.07. The second-order valence-electron chi connectivity index (χ2n) is 7.14. The van der Waals surface area contributed by atoms with E-state index in [2.05, 4.69) is 51.6 Å². The fraction of sp³-hybridized carbons (Fsp3) is 0.611. The molecule has 0 aromatic carbocycles. The van der Waals surface area contributed by atoms with Crippen molar-refractivity contribution in [2.75, 3.05) is 39.8 Å². The van der Waals surface area contributed by atoms with Crippen LogP contribution in [0.5, 0.6) is 0 Å². The van der Waals surface area contributed by atoms with Crippen LogP contribution in [0.2, 0.25) is 0 Å². The summed E-state index contributed by atoms with van der Waals surface area (Å²) in [4.78, 5) is 15.2. The maximum absolute atomic E-state index is 4.93. The molecule has 6 heteroatoms. The Balaban J connectivity index is 1.37. The fourth-order valence-electron chi connectivity index (χ4n) is 3.60. The first-order valence-corrected chi connectivity index (χ1v) is 9.71. The van der Waals surface area contributed by atoms with Gasteiger partial charge in [0.2, 0.25) is 0 Å². The van der Waals surface area contributed by atoms with Crippen molar-refractivity contribution in [3.8, 4) is 0 Å². The molecule has 2 aromatic heterocycles. The van der Waals surface area contributed by atoms with Gasteiger partial charge in [-0.3, -0.25) is 9.80 Å². The number of aromatic nitrogens is 2. The largest absolute Gasteiger partial charge is 0.332 e. The summed E-state index contributed by atoms with van der Waals surface area (Å²) in [6, 6.07) is 4.49. The van der Waals surface area contributed by atoms with Crippen molar-refractivity contribution in [1.29, 1.82) is 0 Å². The van der Waals surface area contributed by atoms with Gasteiger partial charge >= 0.3 is 0 Å². The van der Waals surface area contributed by atoms with E-state index in [1.807, 2.05) is 11.3 Å². The summed E-state index contributed by atoms with van der Waals surface area (Å²) in [5.74, 6) is 1.23. The molecule has 4 rings (SSSR count). The average Bonchev–Trinajstić information content (AvgIpc) is 3.15. The van der Waals surface area contributed by atoms with Crippen molar-refractivity contribution in [2.45, 2.75) is 33.1 Å². The lowest BCUT2D eigenvalue weighted by molar-refractivity contribution is 0.147. The zero-order valence-corrected chi connectivity index (χ0v) is 15.6. The minimum Gasteiger partial charge on any atom is -0.332 e. The van der Waals surface area contributed by atoms with Gasteiger partial charge in [-0.05, 0) is 26.1 Å². The number of aryl methyl sites for hydroxylation is 1. The van der Waals surface area contributed by atoms with E-state index in [-0.39, 0.29) is 0 Å². The second kappa shape index (κ2) is 6.96. The molecule has 0 amide bonds. The summed E-state index contributed by atoms with van der Waals surface area (Å²) in [6.45, 7) is 12.0.